The monoisotopic (exact) mass is 778 g/mol. The van der Waals surface area contributed by atoms with Crippen LogP contribution in [0.15, 0.2) is 91.8 Å². The van der Waals surface area contributed by atoms with E-state index < -0.39 is 6.09 Å². The Hall–Kier alpha value is -5.38. The molecule has 0 spiro atoms. The molecule has 286 valence electrons. The number of hydrazine groups is 2. The maximum absolute atomic E-state index is 11.8. The van der Waals surface area contributed by atoms with E-state index in [4.69, 9.17) is 32.8 Å². The maximum Gasteiger partial charge on any atom is 0.412 e. The van der Waals surface area contributed by atoms with Gasteiger partial charge in [0.2, 0.25) is 18.2 Å². The summed E-state index contributed by atoms with van der Waals surface area (Å²) in [5.74, 6) is 0.381. The van der Waals surface area contributed by atoms with Crippen molar-refractivity contribution >= 4 is 65.2 Å². The van der Waals surface area contributed by atoms with E-state index in [0.717, 1.165) is 33.7 Å². The Bertz CT molecular complexity index is 1810. The van der Waals surface area contributed by atoms with E-state index in [1.54, 1.807) is 48.8 Å². The molecule has 16 heteroatoms. The number of aromatic nitrogens is 2. The number of aryl methyl sites for hydroxylation is 1. The molecule has 0 atom stereocenters. The van der Waals surface area contributed by atoms with Crippen LogP contribution in [0.5, 0.6) is 0 Å². The number of rotatable bonds is 18. The summed E-state index contributed by atoms with van der Waals surface area (Å²) in [6, 6.07) is 21.7. The number of anilines is 2. The van der Waals surface area contributed by atoms with Crippen LogP contribution < -0.4 is 21.2 Å². The van der Waals surface area contributed by atoms with Gasteiger partial charge in [-0.3, -0.25) is 34.6 Å². The molecule has 0 bridgehead atoms. The quantitative estimate of drug-likeness (QED) is 0.0782. The first-order chi connectivity index (χ1) is 26.0. The third kappa shape index (κ3) is 14.9. The van der Waals surface area contributed by atoms with Crippen LogP contribution in [-0.4, -0.2) is 70.6 Å². The Kier molecular flexibility index (Phi) is 18.6. The summed E-state index contributed by atoms with van der Waals surface area (Å²) in [5, 5.41) is 7.58. The third-order valence-corrected chi connectivity index (χ3v) is 8.22. The van der Waals surface area contributed by atoms with Gasteiger partial charge in [0, 0.05) is 49.4 Å². The molecule has 0 saturated carbocycles. The van der Waals surface area contributed by atoms with Gasteiger partial charge in [0.1, 0.15) is 12.4 Å². The fourth-order valence-electron chi connectivity index (χ4n) is 4.45. The van der Waals surface area contributed by atoms with Gasteiger partial charge in [0.05, 0.1) is 19.7 Å². The zero-order valence-corrected chi connectivity index (χ0v) is 31.8. The number of ether oxygens (including phenoxy) is 1. The number of hydroxylamine groups is 1. The molecular weight excluding hydrogens is 735 g/mol. The molecule has 0 aliphatic heterocycles. The predicted molar refractivity (Wildman–Crippen MR) is 209 cm³/mol. The first-order valence-electron chi connectivity index (χ1n) is 16.9. The second-order valence-electron chi connectivity index (χ2n) is 11.3. The minimum Gasteiger partial charge on any atom is -0.447 e. The normalized spacial score (nSPS) is 10.3. The highest BCUT2D eigenvalue weighted by Crippen LogP contribution is 2.16. The number of hydrogen-bond donors (Lipinski definition) is 3. The second-order valence-corrected chi connectivity index (χ2v) is 12.1. The smallest absolute Gasteiger partial charge is 0.412 e. The summed E-state index contributed by atoms with van der Waals surface area (Å²) in [6.45, 7) is 9.89. The number of halogens is 2. The Morgan fingerprint density at radius 3 is 1.85 bits per heavy atom. The molecule has 0 aliphatic carbocycles. The van der Waals surface area contributed by atoms with Crippen molar-refractivity contribution in [2.24, 2.45) is 0 Å². The molecule has 4 aromatic rings. The van der Waals surface area contributed by atoms with E-state index >= 15 is 0 Å². The van der Waals surface area contributed by atoms with Crippen LogP contribution in [0.3, 0.4) is 0 Å². The largest absolute Gasteiger partial charge is 0.447 e. The topological polar surface area (TPSA) is 158 Å². The van der Waals surface area contributed by atoms with E-state index in [9.17, 15) is 19.2 Å². The van der Waals surface area contributed by atoms with Crippen LogP contribution in [0.2, 0.25) is 10.0 Å². The zero-order chi connectivity index (χ0) is 39.3. The first-order valence-corrected chi connectivity index (χ1v) is 17.6. The molecule has 3 N–H and O–H groups in total. The van der Waals surface area contributed by atoms with Gasteiger partial charge in [-0.15, -0.1) is 0 Å². The summed E-state index contributed by atoms with van der Waals surface area (Å²) < 4.78 is 5.11. The van der Waals surface area contributed by atoms with Crippen LogP contribution in [0.4, 0.5) is 16.4 Å². The average Bonchev–Trinajstić information content (AvgIpc) is 3.17. The molecule has 2 aromatic heterocycles. The van der Waals surface area contributed by atoms with Crippen molar-refractivity contribution in [1.29, 1.82) is 0 Å². The van der Waals surface area contributed by atoms with Crippen LogP contribution in [-0.2, 0) is 43.5 Å². The van der Waals surface area contributed by atoms with Crippen LogP contribution in [0, 0.1) is 0 Å². The highest BCUT2D eigenvalue weighted by molar-refractivity contribution is 6.31. The van der Waals surface area contributed by atoms with Gasteiger partial charge in [-0.05, 0) is 59.0 Å². The summed E-state index contributed by atoms with van der Waals surface area (Å²) in [5.41, 5.74) is 9.64. The average molecular weight is 780 g/mol. The lowest BCUT2D eigenvalue weighted by molar-refractivity contribution is -0.134. The molecule has 14 nitrogen and oxygen atoms in total. The summed E-state index contributed by atoms with van der Waals surface area (Å²) in [6.07, 6.45) is 5.70. The van der Waals surface area contributed by atoms with Crippen molar-refractivity contribution in [1.82, 2.24) is 30.8 Å². The van der Waals surface area contributed by atoms with E-state index in [2.05, 4.69) is 32.7 Å². The number of nitrogens with zero attached hydrogens (tertiary/aromatic N) is 5. The van der Waals surface area contributed by atoms with E-state index in [1.807, 2.05) is 49.4 Å². The van der Waals surface area contributed by atoms with Crippen LogP contribution in [0.25, 0.3) is 6.08 Å². The molecule has 2 aromatic carbocycles. The summed E-state index contributed by atoms with van der Waals surface area (Å²) in [7, 11) is 0. The minimum absolute atomic E-state index is 0.0357. The first kappa shape index (κ1) is 43.0. The van der Waals surface area contributed by atoms with Crippen molar-refractivity contribution in [2.45, 2.75) is 40.3 Å². The van der Waals surface area contributed by atoms with Gasteiger partial charge in [0.25, 0.3) is 0 Å². The molecule has 0 fully saturated rings. The molecule has 0 unspecified atom stereocenters. The van der Waals surface area contributed by atoms with Gasteiger partial charge in [-0.1, -0.05) is 85.2 Å². The number of hydrogen-bond acceptors (Lipinski definition) is 10. The van der Waals surface area contributed by atoms with E-state index in [0.29, 0.717) is 41.2 Å². The van der Waals surface area contributed by atoms with Crippen molar-refractivity contribution in [3.63, 3.8) is 0 Å². The highest BCUT2D eigenvalue weighted by Gasteiger charge is 2.14. The fourth-order valence-corrected chi connectivity index (χ4v) is 4.85. The van der Waals surface area contributed by atoms with Crippen molar-refractivity contribution in [3.8, 4) is 0 Å². The van der Waals surface area contributed by atoms with E-state index in [1.165, 1.54) is 23.9 Å². The van der Waals surface area contributed by atoms with Gasteiger partial charge in [-0.2, -0.15) is 5.06 Å². The molecule has 0 radical (unpaired) electrons. The lowest BCUT2D eigenvalue weighted by Gasteiger charge is -2.23. The lowest BCUT2D eigenvalue weighted by Crippen LogP contribution is -2.44. The number of amides is 4. The van der Waals surface area contributed by atoms with Crippen molar-refractivity contribution in [2.75, 3.05) is 36.7 Å². The Morgan fingerprint density at radius 2 is 1.39 bits per heavy atom. The Balaban J connectivity index is 0.000000290. The number of nitrogens with one attached hydrogen (secondary N) is 3. The second kappa shape index (κ2) is 23.3. The van der Waals surface area contributed by atoms with Gasteiger partial charge >= 0.3 is 6.09 Å². The lowest BCUT2D eigenvalue weighted by atomic mass is 10.2. The standard InChI is InChI=1S/C19H21ClN4O3.C19H23ClN4O3/c1-3-16-8-9-19(21-12-16)24(14-25)27-11-10-23(15(2)26)22-13-17-6-4-5-7-18(17)20;1-3-15-8-9-18(21-12-15)23-19(26)27-11-10-24(14(2)25)22-13-16-6-4-5-7-17(16)20/h3-9,12,14,22H,1,10-11,13H2,2H3;4-9,12,22H,3,10-11,13H2,1-2H3,(H,21,23,26). The van der Waals surface area contributed by atoms with Crippen molar-refractivity contribution in [3.05, 3.63) is 124 Å². The number of carbonyl (C=O) groups is 4. The molecule has 4 amide bonds. The predicted octanol–water partition coefficient (Wildman–Crippen LogP) is 6.22. The van der Waals surface area contributed by atoms with Crippen LogP contribution in [0.1, 0.15) is 43.0 Å². The number of benzene rings is 2. The Labute approximate surface area is 325 Å². The van der Waals surface area contributed by atoms with Gasteiger partial charge in [0.15, 0.2) is 5.82 Å². The van der Waals surface area contributed by atoms with E-state index in [-0.39, 0.29) is 38.1 Å². The zero-order valence-electron chi connectivity index (χ0n) is 30.3. The SMILES string of the molecule is C=Cc1ccc(N(C=O)OCCN(NCc2ccccc2Cl)C(C)=O)nc1.CCc1ccc(NC(=O)OCCN(NCc2ccccc2Cl)C(C)=O)nc1. The summed E-state index contributed by atoms with van der Waals surface area (Å²) >= 11 is 12.2. The molecule has 54 heavy (non-hydrogen) atoms. The van der Waals surface area contributed by atoms with Crippen molar-refractivity contribution < 1.29 is 28.8 Å². The number of carbonyl (C=O) groups excluding carboxylic acids is 4. The van der Waals surface area contributed by atoms with Gasteiger partial charge in [-0.25, -0.2) is 25.6 Å². The molecule has 0 aliphatic rings. The molecule has 0 saturated heterocycles. The molecular formula is C38H44Cl2N8O6. The fraction of sp³-hybridized carbons (Fsp3) is 0.263. The Morgan fingerprint density at radius 1 is 0.796 bits per heavy atom. The number of pyridine rings is 2. The van der Waals surface area contributed by atoms with Gasteiger partial charge < -0.3 is 4.74 Å². The third-order valence-electron chi connectivity index (χ3n) is 7.48. The molecule has 2 heterocycles. The minimum atomic E-state index is -0.624. The van der Waals surface area contributed by atoms with Crippen LogP contribution >= 0.6 is 23.2 Å². The maximum atomic E-state index is 11.8. The summed E-state index contributed by atoms with van der Waals surface area (Å²) in [4.78, 5) is 60.3. The highest BCUT2D eigenvalue weighted by atomic mass is 35.5. The molecule has 4 rings (SSSR count).